The van der Waals surface area contributed by atoms with E-state index >= 15 is 0 Å². The van der Waals surface area contributed by atoms with Crippen molar-refractivity contribution in [3.63, 3.8) is 0 Å². The van der Waals surface area contributed by atoms with Gasteiger partial charge >= 0.3 is 0 Å². The number of carbonyl (C=O) groups is 1. The molecule has 1 aliphatic heterocycles. The summed E-state index contributed by atoms with van der Waals surface area (Å²) in [6, 6.07) is 15.8. The summed E-state index contributed by atoms with van der Waals surface area (Å²) in [5.41, 5.74) is 10.0. The van der Waals surface area contributed by atoms with Gasteiger partial charge in [-0.25, -0.2) is 9.97 Å². The number of benzene rings is 2. The fraction of sp³-hybridized carbons (Fsp3) is 0.320. The number of nitrogens with one attached hydrogen (secondary N) is 1. The molecule has 0 aliphatic carbocycles. The van der Waals surface area contributed by atoms with E-state index in [1.54, 1.807) is 13.3 Å². The van der Waals surface area contributed by atoms with Crippen molar-refractivity contribution in [3.8, 4) is 17.0 Å². The Labute approximate surface area is 199 Å². The lowest BCUT2D eigenvalue weighted by atomic mass is 10.1. The number of carbonyl (C=O) groups excluding carboxylic acids is 1. The first kappa shape index (κ1) is 23.5. The molecule has 1 aromatic heterocycles. The lowest BCUT2D eigenvalue weighted by Crippen LogP contribution is -2.46. The van der Waals surface area contributed by atoms with Crippen LogP contribution in [0.25, 0.3) is 11.3 Å². The molecule has 0 atom stereocenters. The van der Waals surface area contributed by atoms with Crippen LogP contribution in [0.5, 0.6) is 5.75 Å². The van der Waals surface area contributed by atoms with Crippen molar-refractivity contribution >= 4 is 28.9 Å². The number of amides is 1. The number of rotatable bonds is 8. The Kier molecular flexibility index (Phi) is 6.95. The molecular formula is C25H31N6O3+. The van der Waals surface area contributed by atoms with Crippen molar-refractivity contribution in [2.45, 2.75) is 0 Å². The molecule has 9 heteroatoms. The zero-order chi connectivity index (χ0) is 24.1. The van der Waals surface area contributed by atoms with Crippen LogP contribution < -0.4 is 25.2 Å². The predicted octanol–water partition coefficient (Wildman–Crippen LogP) is 2.78. The number of quaternary nitrogens is 1. The first-order chi connectivity index (χ1) is 16.4. The molecule has 34 heavy (non-hydrogen) atoms. The van der Waals surface area contributed by atoms with Crippen LogP contribution in [0.2, 0.25) is 0 Å². The largest absolute Gasteiger partial charge is 0.495 e. The third-order valence-corrected chi connectivity index (χ3v) is 5.86. The quantitative estimate of drug-likeness (QED) is 0.495. The number of primary amides is 1. The van der Waals surface area contributed by atoms with Crippen LogP contribution in [-0.2, 0) is 9.53 Å². The Bertz CT molecular complexity index is 1140. The first-order valence-electron chi connectivity index (χ1n) is 11.2. The van der Waals surface area contributed by atoms with Crippen LogP contribution in [0.4, 0.5) is 23.0 Å². The molecule has 2 aromatic carbocycles. The van der Waals surface area contributed by atoms with Crippen LogP contribution in [0, 0.1) is 0 Å². The van der Waals surface area contributed by atoms with E-state index < -0.39 is 0 Å². The number of morpholine rings is 1. The van der Waals surface area contributed by atoms with Crippen LogP contribution in [0.1, 0.15) is 0 Å². The van der Waals surface area contributed by atoms with Gasteiger partial charge in [0.1, 0.15) is 11.4 Å². The molecule has 3 N–H and O–H groups in total. The lowest BCUT2D eigenvalue weighted by Gasteiger charge is -2.30. The van der Waals surface area contributed by atoms with Crippen LogP contribution in [-0.4, -0.2) is 69.9 Å². The van der Waals surface area contributed by atoms with Gasteiger partial charge in [-0.15, -0.1) is 0 Å². The molecule has 0 spiro atoms. The number of likely N-dealkylation sites (N-methyl/N-ethyl adjacent to an activating group) is 1. The van der Waals surface area contributed by atoms with Gasteiger partial charge in [0.15, 0.2) is 6.54 Å². The summed E-state index contributed by atoms with van der Waals surface area (Å²) in [6.07, 6.45) is 1.73. The topological polar surface area (TPSA) is 103 Å². The second-order valence-corrected chi connectivity index (χ2v) is 8.73. The summed E-state index contributed by atoms with van der Waals surface area (Å²) in [4.78, 5) is 22.7. The second-order valence-electron chi connectivity index (χ2n) is 8.73. The van der Waals surface area contributed by atoms with Gasteiger partial charge in [0.05, 0.1) is 45.8 Å². The van der Waals surface area contributed by atoms with E-state index in [1.807, 2.05) is 62.6 Å². The minimum atomic E-state index is -0.338. The Balaban J connectivity index is 1.51. The van der Waals surface area contributed by atoms with Gasteiger partial charge in [-0.1, -0.05) is 0 Å². The zero-order valence-corrected chi connectivity index (χ0v) is 19.8. The molecule has 4 rings (SSSR count). The number of methoxy groups -OCH3 is 1. The van der Waals surface area contributed by atoms with E-state index in [0.717, 1.165) is 47.2 Å². The number of nitrogens with two attached hydrogens (primary N) is 1. The Morgan fingerprint density at radius 3 is 2.56 bits per heavy atom. The third kappa shape index (κ3) is 5.44. The summed E-state index contributed by atoms with van der Waals surface area (Å²) in [5.74, 6) is 0.943. The maximum atomic E-state index is 11.4. The van der Waals surface area contributed by atoms with Crippen LogP contribution >= 0.6 is 0 Å². The predicted molar refractivity (Wildman–Crippen MR) is 134 cm³/mol. The van der Waals surface area contributed by atoms with E-state index in [0.29, 0.717) is 23.6 Å². The second kappa shape index (κ2) is 10.1. The maximum Gasteiger partial charge on any atom is 0.273 e. The summed E-state index contributed by atoms with van der Waals surface area (Å²) < 4.78 is 11.5. The molecular weight excluding hydrogens is 432 g/mol. The number of aromatic nitrogens is 2. The smallest absolute Gasteiger partial charge is 0.273 e. The van der Waals surface area contributed by atoms with Crippen molar-refractivity contribution in [3.05, 3.63) is 54.7 Å². The van der Waals surface area contributed by atoms with Gasteiger partial charge < -0.3 is 25.4 Å². The Morgan fingerprint density at radius 1 is 1.15 bits per heavy atom. The van der Waals surface area contributed by atoms with Crippen LogP contribution in [0.3, 0.4) is 0 Å². The molecule has 0 bridgehead atoms. The molecule has 1 amide bonds. The fourth-order valence-corrected chi connectivity index (χ4v) is 4.05. The molecule has 1 aliphatic rings. The average molecular weight is 464 g/mol. The molecule has 0 unspecified atom stereocenters. The zero-order valence-electron chi connectivity index (χ0n) is 19.8. The van der Waals surface area contributed by atoms with Crippen molar-refractivity contribution in [1.82, 2.24) is 14.5 Å². The molecule has 3 aromatic rings. The van der Waals surface area contributed by atoms with Crippen LogP contribution in [0.15, 0.2) is 54.7 Å². The lowest BCUT2D eigenvalue weighted by molar-refractivity contribution is -0.118. The molecule has 0 radical (unpaired) electrons. The maximum absolute atomic E-state index is 11.4. The highest BCUT2D eigenvalue weighted by Crippen LogP contribution is 2.33. The molecule has 9 nitrogen and oxygen atoms in total. The minimum absolute atomic E-state index is 0.231. The van der Waals surface area contributed by atoms with Crippen molar-refractivity contribution in [1.29, 1.82) is 0 Å². The standard InChI is InChI=1S/C25H30N6O3/c1-31(2,17-24(26)32)20-7-4-18(5-8-20)21-10-11-27-25(29-21)28-19-6-9-22(23(16-19)33-3)30-12-14-34-15-13-30/h4-11,16H,12-15,17H2,1-3H3,(H2-,26,27,28,29,32)/p+1. The van der Waals surface area contributed by atoms with E-state index in [9.17, 15) is 4.79 Å². The highest BCUT2D eigenvalue weighted by atomic mass is 16.5. The van der Waals surface area contributed by atoms with Gasteiger partial charge in [0.25, 0.3) is 5.91 Å². The van der Waals surface area contributed by atoms with Crippen molar-refractivity contribution in [2.24, 2.45) is 5.73 Å². The van der Waals surface area contributed by atoms with E-state index in [1.165, 1.54) is 0 Å². The molecule has 1 saturated heterocycles. The van der Waals surface area contributed by atoms with Gasteiger partial charge in [-0.05, 0) is 42.5 Å². The third-order valence-electron chi connectivity index (χ3n) is 5.86. The number of ether oxygens (including phenoxy) is 2. The van der Waals surface area contributed by atoms with E-state index in [2.05, 4.69) is 20.2 Å². The first-order valence-corrected chi connectivity index (χ1v) is 11.2. The van der Waals surface area contributed by atoms with E-state index in [4.69, 9.17) is 15.2 Å². The fourth-order valence-electron chi connectivity index (χ4n) is 4.05. The normalized spacial score (nSPS) is 14.0. The van der Waals surface area contributed by atoms with Crippen molar-refractivity contribution in [2.75, 3.05) is 64.3 Å². The molecule has 1 fully saturated rings. The molecule has 2 heterocycles. The van der Waals surface area contributed by atoms with Gasteiger partial charge in [-0.3, -0.25) is 9.28 Å². The number of anilines is 3. The number of hydrogen-bond donors (Lipinski definition) is 2. The minimum Gasteiger partial charge on any atom is -0.495 e. The van der Waals surface area contributed by atoms with Gasteiger partial charge in [-0.2, -0.15) is 0 Å². The Hall–Kier alpha value is -3.69. The van der Waals surface area contributed by atoms with E-state index in [-0.39, 0.29) is 12.5 Å². The number of nitrogens with zero attached hydrogens (tertiary/aromatic N) is 4. The SMILES string of the molecule is COc1cc(Nc2nccc(-c3ccc([N+](C)(C)CC(N)=O)cc3)n2)ccc1N1CCOCC1. The Morgan fingerprint density at radius 2 is 1.88 bits per heavy atom. The summed E-state index contributed by atoms with van der Waals surface area (Å²) in [5, 5.41) is 3.28. The highest BCUT2D eigenvalue weighted by Gasteiger charge is 2.21. The summed E-state index contributed by atoms with van der Waals surface area (Å²) in [7, 11) is 5.57. The number of hydrogen-bond acceptors (Lipinski definition) is 7. The molecule has 0 saturated carbocycles. The van der Waals surface area contributed by atoms with Gasteiger partial charge in [0, 0.05) is 36.6 Å². The molecule has 178 valence electrons. The average Bonchev–Trinajstić information content (AvgIpc) is 2.84. The highest BCUT2D eigenvalue weighted by molar-refractivity contribution is 5.78. The summed E-state index contributed by atoms with van der Waals surface area (Å²) >= 11 is 0. The van der Waals surface area contributed by atoms with Gasteiger partial charge in [0.2, 0.25) is 5.95 Å². The summed E-state index contributed by atoms with van der Waals surface area (Å²) in [6.45, 7) is 3.34. The monoisotopic (exact) mass is 463 g/mol. The van der Waals surface area contributed by atoms with Crippen molar-refractivity contribution < 1.29 is 14.3 Å².